The van der Waals surface area contributed by atoms with Gasteiger partial charge in [-0.25, -0.2) is 0 Å². The lowest BCUT2D eigenvalue weighted by atomic mass is 10.0. The fraction of sp³-hybridized carbons (Fsp3) is 0.278. The summed E-state index contributed by atoms with van der Waals surface area (Å²) < 4.78 is 0. The molecule has 0 atom stereocenters. The maximum atomic E-state index is 5.67. The van der Waals surface area contributed by atoms with Gasteiger partial charge in [-0.05, 0) is 61.7 Å². The summed E-state index contributed by atoms with van der Waals surface area (Å²) in [6.07, 6.45) is 2.28. The Hall–Kier alpha value is -1.87. The molecule has 0 bridgehead atoms. The first kappa shape index (κ1) is 14.1. The van der Waals surface area contributed by atoms with Gasteiger partial charge in [0.15, 0.2) is 5.11 Å². The molecule has 3 rings (SSSR count). The lowest BCUT2D eigenvalue weighted by molar-refractivity contribution is 0.780. The van der Waals surface area contributed by atoms with Gasteiger partial charge in [0.1, 0.15) is 0 Å². The molecule has 2 aromatic rings. The number of anilines is 2. The summed E-state index contributed by atoms with van der Waals surface area (Å²) in [6.45, 7) is 5.21. The number of fused-ring (bicyclic) bond motifs is 1. The second kappa shape index (κ2) is 5.86. The Balaban J connectivity index is 1.87. The van der Waals surface area contributed by atoms with Crippen LogP contribution in [0.3, 0.4) is 0 Å². The van der Waals surface area contributed by atoms with Crippen molar-refractivity contribution in [3.63, 3.8) is 0 Å². The molecule has 108 valence electrons. The molecular formula is C18H20N2S. The van der Waals surface area contributed by atoms with Gasteiger partial charge in [-0.1, -0.05) is 36.4 Å². The summed E-state index contributed by atoms with van der Waals surface area (Å²) in [5.41, 5.74) is 6.21. The Morgan fingerprint density at radius 2 is 1.76 bits per heavy atom. The number of thiocarbonyl (C=S) groups is 1. The number of hydrogen-bond donors (Lipinski definition) is 1. The molecule has 3 heteroatoms. The number of rotatable bonds is 1. The van der Waals surface area contributed by atoms with Crippen LogP contribution in [0.25, 0.3) is 0 Å². The maximum Gasteiger partial charge on any atom is 0.177 e. The molecule has 0 saturated heterocycles. The lowest BCUT2D eigenvalue weighted by Gasteiger charge is -2.32. The smallest absolute Gasteiger partial charge is 0.177 e. The molecule has 1 aliphatic heterocycles. The Morgan fingerprint density at radius 1 is 1.05 bits per heavy atom. The molecule has 1 aliphatic rings. The van der Waals surface area contributed by atoms with Crippen LogP contribution in [0.5, 0.6) is 0 Å². The standard InChI is InChI=1S/C18H20N2S/c1-13-7-5-8-14(2)17(13)19-18(21)20-12-6-10-15-9-3-4-11-16(15)20/h3-5,7-9,11H,6,10,12H2,1-2H3,(H,19,21). The molecule has 0 fully saturated rings. The fourth-order valence-corrected chi connectivity index (χ4v) is 3.22. The maximum absolute atomic E-state index is 5.67. The van der Waals surface area contributed by atoms with Crippen LogP contribution < -0.4 is 10.2 Å². The average molecular weight is 296 g/mol. The molecule has 0 spiro atoms. The first-order chi connectivity index (χ1) is 10.2. The van der Waals surface area contributed by atoms with Crippen LogP contribution in [0.4, 0.5) is 11.4 Å². The van der Waals surface area contributed by atoms with Gasteiger partial charge in [0.2, 0.25) is 0 Å². The van der Waals surface area contributed by atoms with Gasteiger partial charge >= 0.3 is 0 Å². The second-order valence-corrected chi connectivity index (χ2v) is 5.97. The minimum atomic E-state index is 0.791. The Labute approximate surface area is 131 Å². The molecule has 0 amide bonds. The molecule has 0 aromatic heterocycles. The van der Waals surface area contributed by atoms with Crippen LogP contribution in [-0.4, -0.2) is 11.7 Å². The van der Waals surface area contributed by atoms with Crippen LogP contribution in [0.2, 0.25) is 0 Å². The average Bonchev–Trinajstić information content (AvgIpc) is 2.50. The third-order valence-corrected chi connectivity index (χ3v) is 4.39. The molecular weight excluding hydrogens is 276 g/mol. The van der Waals surface area contributed by atoms with Gasteiger partial charge in [0.25, 0.3) is 0 Å². The van der Waals surface area contributed by atoms with E-state index in [-0.39, 0.29) is 0 Å². The molecule has 0 aliphatic carbocycles. The third-order valence-electron chi connectivity index (χ3n) is 4.07. The van der Waals surface area contributed by atoms with Gasteiger partial charge in [-0.2, -0.15) is 0 Å². The second-order valence-electron chi connectivity index (χ2n) is 5.58. The Bertz CT molecular complexity index is 658. The molecule has 1 heterocycles. The first-order valence-corrected chi connectivity index (χ1v) is 7.80. The zero-order valence-electron chi connectivity index (χ0n) is 12.5. The van der Waals surface area contributed by atoms with Crippen molar-refractivity contribution < 1.29 is 0 Å². The number of nitrogens with zero attached hydrogens (tertiary/aromatic N) is 1. The largest absolute Gasteiger partial charge is 0.332 e. The van der Waals surface area contributed by atoms with Crippen molar-refractivity contribution in [3.05, 3.63) is 59.2 Å². The monoisotopic (exact) mass is 296 g/mol. The predicted octanol–water partition coefficient (Wildman–Crippen LogP) is 4.45. The summed E-state index contributed by atoms with van der Waals surface area (Å²) in [5, 5.41) is 4.24. The van der Waals surface area contributed by atoms with Gasteiger partial charge in [-0.15, -0.1) is 0 Å². The normalized spacial score (nSPS) is 13.7. The highest BCUT2D eigenvalue weighted by atomic mass is 32.1. The van der Waals surface area contributed by atoms with Gasteiger partial charge in [0, 0.05) is 17.9 Å². The van der Waals surface area contributed by atoms with Gasteiger partial charge in [0.05, 0.1) is 0 Å². The van der Waals surface area contributed by atoms with E-state index in [0.717, 1.165) is 30.2 Å². The van der Waals surface area contributed by atoms with E-state index in [4.69, 9.17) is 12.2 Å². The molecule has 0 radical (unpaired) electrons. The number of aryl methyl sites for hydroxylation is 3. The zero-order chi connectivity index (χ0) is 14.8. The quantitative estimate of drug-likeness (QED) is 0.783. The zero-order valence-corrected chi connectivity index (χ0v) is 13.3. The van der Waals surface area contributed by atoms with Crippen molar-refractivity contribution in [2.45, 2.75) is 26.7 Å². The number of benzene rings is 2. The molecule has 2 nitrogen and oxygen atoms in total. The van der Waals surface area contributed by atoms with Crippen molar-refractivity contribution in [2.75, 3.05) is 16.8 Å². The summed E-state index contributed by atoms with van der Waals surface area (Å²) >= 11 is 5.67. The van der Waals surface area contributed by atoms with E-state index in [0.29, 0.717) is 0 Å². The van der Waals surface area contributed by atoms with Gasteiger partial charge in [-0.3, -0.25) is 0 Å². The Morgan fingerprint density at radius 3 is 2.52 bits per heavy atom. The van der Waals surface area contributed by atoms with E-state index >= 15 is 0 Å². The van der Waals surface area contributed by atoms with Crippen molar-refractivity contribution in [1.82, 2.24) is 0 Å². The van der Waals surface area contributed by atoms with Crippen molar-refractivity contribution in [2.24, 2.45) is 0 Å². The highest BCUT2D eigenvalue weighted by molar-refractivity contribution is 7.80. The first-order valence-electron chi connectivity index (χ1n) is 7.39. The minimum Gasteiger partial charge on any atom is -0.332 e. The van der Waals surface area contributed by atoms with Crippen LogP contribution >= 0.6 is 12.2 Å². The van der Waals surface area contributed by atoms with E-state index < -0.39 is 0 Å². The molecule has 1 N–H and O–H groups in total. The predicted molar refractivity (Wildman–Crippen MR) is 94.2 cm³/mol. The summed E-state index contributed by atoms with van der Waals surface area (Å²) in [4.78, 5) is 2.22. The number of nitrogens with one attached hydrogen (secondary N) is 1. The summed E-state index contributed by atoms with van der Waals surface area (Å²) in [5.74, 6) is 0. The van der Waals surface area contributed by atoms with Gasteiger partial charge < -0.3 is 10.2 Å². The topological polar surface area (TPSA) is 15.3 Å². The van der Waals surface area contributed by atoms with Crippen LogP contribution in [0.15, 0.2) is 42.5 Å². The highest BCUT2D eigenvalue weighted by Crippen LogP contribution is 2.28. The number of hydrogen-bond acceptors (Lipinski definition) is 1. The SMILES string of the molecule is Cc1cccc(C)c1NC(=S)N1CCCc2ccccc21. The van der Waals surface area contributed by atoms with E-state index in [9.17, 15) is 0 Å². The lowest BCUT2D eigenvalue weighted by Crippen LogP contribution is -2.38. The van der Waals surface area contributed by atoms with E-state index in [1.54, 1.807) is 0 Å². The minimum absolute atomic E-state index is 0.791. The van der Waals surface area contributed by atoms with Crippen LogP contribution in [0.1, 0.15) is 23.1 Å². The van der Waals surface area contributed by atoms with Crippen molar-refractivity contribution >= 4 is 28.7 Å². The number of para-hydroxylation sites is 2. The van der Waals surface area contributed by atoms with Crippen LogP contribution in [-0.2, 0) is 6.42 Å². The summed E-state index contributed by atoms with van der Waals surface area (Å²) in [6, 6.07) is 14.8. The molecule has 21 heavy (non-hydrogen) atoms. The van der Waals surface area contributed by atoms with E-state index in [1.165, 1.54) is 22.4 Å². The molecule has 0 saturated carbocycles. The summed E-state index contributed by atoms with van der Waals surface area (Å²) in [7, 11) is 0. The Kier molecular flexibility index (Phi) is 3.93. The molecule has 0 unspecified atom stereocenters. The van der Waals surface area contributed by atoms with Crippen molar-refractivity contribution in [3.8, 4) is 0 Å². The van der Waals surface area contributed by atoms with E-state index in [2.05, 4.69) is 66.5 Å². The third kappa shape index (κ3) is 2.79. The molecule has 2 aromatic carbocycles. The fourth-order valence-electron chi connectivity index (χ4n) is 2.93. The van der Waals surface area contributed by atoms with Crippen LogP contribution in [0, 0.1) is 13.8 Å². The van der Waals surface area contributed by atoms with E-state index in [1.807, 2.05) is 0 Å². The van der Waals surface area contributed by atoms with Crippen molar-refractivity contribution in [1.29, 1.82) is 0 Å². The highest BCUT2D eigenvalue weighted by Gasteiger charge is 2.20.